The fourth-order valence-electron chi connectivity index (χ4n) is 4.06. The number of fused-ring (bicyclic) bond motifs is 1. The zero-order valence-corrected chi connectivity index (χ0v) is 17.5. The van der Waals surface area contributed by atoms with Gasteiger partial charge >= 0.3 is 0 Å². The van der Waals surface area contributed by atoms with Gasteiger partial charge in [0.05, 0.1) is 6.04 Å². The molecule has 29 heavy (non-hydrogen) atoms. The van der Waals surface area contributed by atoms with Crippen molar-refractivity contribution in [3.05, 3.63) is 68.9 Å². The van der Waals surface area contributed by atoms with Gasteiger partial charge in [0.2, 0.25) is 0 Å². The normalized spacial score (nSPS) is 15.1. The lowest BCUT2D eigenvalue weighted by Crippen LogP contribution is -2.36. The first kappa shape index (κ1) is 21.3. The van der Waals surface area contributed by atoms with Gasteiger partial charge in [-0.15, -0.1) is 0 Å². The van der Waals surface area contributed by atoms with Gasteiger partial charge in [-0.3, -0.25) is 9.59 Å². The molecule has 0 fully saturated rings. The standard InChI is InChI=1S/C24H31FN2O2/c1-3-4-15-27-22-10-8-6-5-7-9-19(22)16-21(24(27)29)23(28)26-17(2)18-11-13-20(25)14-12-18/h11-14,16-17H,3-10,15H2,1-2H3,(H,26,28). The Labute approximate surface area is 172 Å². The predicted molar refractivity (Wildman–Crippen MR) is 114 cm³/mol. The maximum atomic E-state index is 13.2. The number of aromatic nitrogens is 1. The molecule has 4 nitrogen and oxygen atoms in total. The van der Waals surface area contributed by atoms with Crippen molar-refractivity contribution in [2.45, 2.75) is 77.8 Å². The zero-order chi connectivity index (χ0) is 20.8. The minimum Gasteiger partial charge on any atom is -0.345 e. The van der Waals surface area contributed by atoms with Crippen molar-refractivity contribution in [2.24, 2.45) is 0 Å². The van der Waals surface area contributed by atoms with E-state index in [1.54, 1.807) is 12.1 Å². The van der Waals surface area contributed by atoms with Gasteiger partial charge in [-0.05, 0) is 68.4 Å². The van der Waals surface area contributed by atoms with E-state index in [4.69, 9.17) is 0 Å². The Kier molecular flexibility index (Phi) is 7.24. The lowest BCUT2D eigenvalue weighted by Gasteiger charge is -2.21. The molecule has 0 bridgehead atoms. The van der Waals surface area contributed by atoms with Crippen molar-refractivity contribution in [1.29, 1.82) is 0 Å². The summed E-state index contributed by atoms with van der Waals surface area (Å²) >= 11 is 0. The number of aryl methyl sites for hydroxylation is 1. The van der Waals surface area contributed by atoms with Crippen LogP contribution in [0.4, 0.5) is 4.39 Å². The summed E-state index contributed by atoms with van der Waals surface area (Å²) in [5.74, 6) is -0.672. The van der Waals surface area contributed by atoms with Crippen LogP contribution < -0.4 is 10.9 Å². The fourth-order valence-corrected chi connectivity index (χ4v) is 4.06. The van der Waals surface area contributed by atoms with E-state index in [1.165, 1.54) is 25.0 Å². The Morgan fingerprint density at radius 3 is 2.52 bits per heavy atom. The zero-order valence-electron chi connectivity index (χ0n) is 17.5. The van der Waals surface area contributed by atoms with E-state index in [9.17, 15) is 14.0 Å². The number of rotatable bonds is 6. The van der Waals surface area contributed by atoms with Gasteiger partial charge in [0.15, 0.2) is 0 Å². The van der Waals surface area contributed by atoms with Crippen molar-refractivity contribution in [3.8, 4) is 0 Å². The van der Waals surface area contributed by atoms with Crippen LogP contribution in [-0.2, 0) is 19.4 Å². The second-order valence-electron chi connectivity index (χ2n) is 8.00. The topological polar surface area (TPSA) is 51.1 Å². The third kappa shape index (κ3) is 5.14. The van der Waals surface area contributed by atoms with E-state index in [-0.39, 0.29) is 28.9 Å². The Balaban J connectivity index is 1.92. The van der Waals surface area contributed by atoms with Gasteiger partial charge in [0.25, 0.3) is 11.5 Å². The van der Waals surface area contributed by atoms with Crippen LogP contribution in [0.25, 0.3) is 0 Å². The number of amides is 1. The van der Waals surface area contributed by atoms with Gasteiger partial charge < -0.3 is 9.88 Å². The molecule has 1 N–H and O–H groups in total. The molecule has 1 aliphatic carbocycles. The van der Waals surface area contributed by atoms with Crippen LogP contribution in [-0.4, -0.2) is 10.5 Å². The number of benzene rings is 1. The number of pyridine rings is 1. The number of halogens is 1. The van der Waals surface area contributed by atoms with Gasteiger partial charge in [-0.1, -0.05) is 38.3 Å². The lowest BCUT2D eigenvalue weighted by molar-refractivity contribution is 0.0937. The highest BCUT2D eigenvalue weighted by molar-refractivity contribution is 5.94. The average molecular weight is 399 g/mol. The second-order valence-corrected chi connectivity index (χ2v) is 8.00. The van der Waals surface area contributed by atoms with E-state index in [0.29, 0.717) is 6.54 Å². The van der Waals surface area contributed by atoms with Crippen molar-refractivity contribution in [2.75, 3.05) is 0 Å². The first-order valence-corrected chi connectivity index (χ1v) is 10.8. The molecule has 1 aromatic heterocycles. The molecular formula is C24H31FN2O2. The molecule has 0 radical (unpaired) electrons. The summed E-state index contributed by atoms with van der Waals surface area (Å²) in [4.78, 5) is 26.2. The van der Waals surface area contributed by atoms with Crippen molar-refractivity contribution in [1.82, 2.24) is 9.88 Å². The summed E-state index contributed by atoms with van der Waals surface area (Å²) in [6.45, 7) is 4.61. The van der Waals surface area contributed by atoms with Crippen LogP contribution in [0.2, 0.25) is 0 Å². The number of nitrogens with one attached hydrogen (secondary N) is 1. The Bertz CT molecular complexity index is 902. The molecular weight excluding hydrogens is 367 g/mol. The Hall–Kier alpha value is -2.43. The van der Waals surface area contributed by atoms with Crippen LogP contribution >= 0.6 is 0 Å². The maximum absolute atomic E-state index is 13.2. The molecule has 3 rings (SSSR count). The third-order valence-corrected chi connectivity index (χ3v) is 5.80. The van der Waals surface area contributed by atoms with Crippen LogP contribution in [0, 0.1) is 5.82 Å². The number of carbonyl (C=O) groups excluding carboxylic acids is 1. The Morgan fingerprint density at radius 1 is 1.14 bits per heavy atom. The molecule has 156 valence electrons. The van der Waals surface area contributed by atoms with Gasteiger partial charge in [0, 0.05) is 12.2 Å². The number of hydrogen-bond donors (Lipinski definition) is 1. The summed E-state index contributed by atoms with van der Waals surface area (Å²) in [6, 6.07) is 7.56. The van der Waals surface area contributed by atoms with Crippen LogP contribution in [0.1, 0.15) is 85.6 Å². The molecule has 1 aliphatic rings. The minimum absolute atomic E-state index is 0.193. The van der Waals surface area contributed by atoms with Crippen LogP contribution in [0.3, 0.4) is 0 Å². The molecule has 0 aliphatic heterocycles. The molecule has 0 spiro atoms. The minimum atomic E-state index is -0.359. The molecule has 5 heteroatoms. The number of nitrogens with zero attached hydrogens (tertiary/aromatic N) is 1. The summed E-state index contributed by atoms with van der Waals surface area (Å²) in [7, 11) is 0. The van der Waals surface area contributed by atoms with Crippen LogP contribution in [0.15, 0.2) is 35.1 Å². The van der Waals surface area contributed by atoms with Gasteiger partial charge in [0.1, 0.15) is 11.4 Å². The average Bonchev–Trinajstić information content (AvgIpc) is 2.68. The highest BCUT2D eigenvalue weighted by atomic mass is 19.1. The maximum Gasteiger partial charge on any atom is 0.263 e. The third-order valence-electron chi connectivity index (χ3n) is 5.80. The molecule has 0 saturated heterocycles. The number of hydrogen-bond acceptors (Lipinski definition) is 2. The quantitative estimate of drug-likeness (QED) is 0.749. The fraction of sp³-hybridized carbons (Fsp3) is 0.500. The predicted octanol–water partition coefficient (Wildman–Crippen LogP) is 4.94. The van der Waals surface area contributed by atoms with E-state index >= 15 is 0 Å². The summed E-state index contributed by atoms with van der Waals surface area (Å²) < 4.78 is 15.0. The molecule has 1 aromatic carbocycles. The van der Waals surface area contributed by atoms with Crippen LogP contribution in [0.5, 0.6) is 0 Å². The Morgan fingerprint density at radius 2 is 1.83 bits per heavy atom. The monoisotopic (exact) mass is 398 g/mol. The molecule has 1 amide bonds. The summed E-state index contributed by atoms with van der Waals surface area (Å²) in [6.07, 6.45) is 8.30. The molecule has 2 aromatic rings. The number of carbonyl (C=O) groups is 1. The van der Waals surface area contributed by atoms with E-state index < -0.39 is 0 Å². The van der Waals surface area contributed by atoms with Gasteiger partial charge in [-0.25, -0.2) is 4.39 Å². The summed E-state index contributed by atoms with van der Waals surface area (Å²) in [5, 5.41) is 2.92. The van der Waals surface area contributed by atoms with E-state index in [2.05, 4.69) is 12.2 Å². The smallest absolute Gasteiger partial charge is 0.263 e. The molecule has 0 saturated carbocycles. The largest absolute Gasteiger partial charge is 0.345 e. The van der Waals surface area contributed by atoms with Crippen molar-refractivity contribution >= 4 is 5.91 Å². The first-order chi connectivity index (χ1) is 14.0. The highest BCUT2D eigenvalue weighted by Gasteiger charge is 2.21. The second kappa shape index (κ2) is 9.86. The molecule has 1 heterocycles. The first-order valence-electron chi connectivity index (χ1n) is 10.8. The SMILES string of the molecule is CCCCn1c2c(cc(C(=O)NC(C)c3ccc(F)cc3)c1=O)CCCCCC2. The van der Waals surface area contributed by atoms with Crippen molar-refractivity contribution in [3.63, 3.8) is 0 Å². The van der Waals surface area contributed by atoms with Crippen molar-refractivity contribution < 1.29 is 9.18 Å². The van der Waals surface area contributed by atoms with Gasteiger partial charge in [-0.2, -0.15) is 0 Å². The molecule has 1 atom stereocenters. The summed E-state index contributed by atoms with van der Waals surface area (Å²) in [5.41, 5.74) is 3.08. The number of unbranched alkanes of at least 4 members (excludes halogenated alkanes) is 1. The van der Waals surface area contributed by atoms with E-state index in [1.807, 2.05) is 17.6 Å². The van der Waals surface area contributed by atoms with E-state index in [0.717, 1.165) is 55.3 Å². The molecule has 1 unspecified atom stereocenters. The highest BCUT2D eigenvalue weighted by Crippen LogP contribution is 2.21. The lowest BCUT2D eigenvalue weighted by atomic mass is 9.95.